The highest BCUT2D eigenvalue weighted by atomic mass is 32.1. The molecule has 0 amide bonds. The van der Waals surface area contributed by atoms with Crippen LogP contribution in [0.15, 0.2) is 24.7 Å². The van der Waals surface area contributed by atoms with Gasteiger partial charge >= 0.3 is 0 Å². The minimum Gasteiger partial charge on any atom is -0.381 e. The van der Waals surface area contributed by atoms with Crippen LogP contribution in [0.25, 0.3) is 32.4 Å². The lowest BCUT2D eigenvalue weighted by Crippen LogP contribution is -2.29. The number of thiophene rings is 1. The third kappa shape index (κ3) is 4.15. The predicted molar refractivity (Wildman–Crippen MR) is 133 cm³/mol. The van der Waals surface area contributed by atoms with Gasteiger partial charge in [0.2, 0.25) is 0 Å². The number of anilines is 1. The topological polar surface area (TPSA) is 82.7 Å². The van der Waals surface area contributed by atoms with Crippen LogP contribution in [0.1, 0.15) is 51.1 Å². The van der Waals surface area contributed by atoms with E-state index in [1.807, 2.05) is 35.8 Å². The Morgan fingerprint density at radius 3 is 2.58 bits per heavy atom. The molecule has 33 heavy (non-hydrogen) atoms. The minimum absolute atomic E-state index is 0.322. The third-order valence-corrected chi connectivity index (χ3v) is 7.74. The molecule has 9 heteroatoms. The highest BCUT2D eigenvalue weighted by Crippen LogP contribution is 2.41. The molecule has 0 saturated heterocycles. The maximum absolute atomic E-state index is 5.56. The van der Waals surface area contributed by atoms with Crippen molar-refractivity contribution in [3.05, 3.63) is 30.2 Å². The van der Waals surface area contributed by atoms with Crippen molar-refractivity contribution >= 4 is 27.4 Å². The largest absolute Gasteiger partial charge is 0.381 e. The number of nitrogens with one attached hydrogen (secondary N) is 1. The number of imidazole rings is 1. The van der Waals surface area contributed by atoms with Crippen molar-refractivity contribution in [1.82, 2.24) is 29.3 Å². The van der Waals surface area contributed by atoms with E-state index >= 15 is 0 Å². The molecule has 4 heterocycles. The lowest BCUT2D eigenvalue weighted by Gasteiger charge is -2.28. The lowest BCUT2D eigenvalue weighted by molar-refractivity contribution is 0.0681. The van der Waals surface area contributed by atoms with Crippen molar-refractivity contribution < 1.29 is 4.74 Å². The molecule has 0 spiro atoms. The summed E-state index contributed by atoms with van der Waals surface area (Å²) in [6.07, 6.45) is 10.4. The molecule has 174 valence electrons. The minimum atomic E-state index is 0.322. The molecule has 1 aliphatic rings. The standard InChI is InChI=1S/C24H31N7OS/c1-14(2)31-12-10-18(29-31)20-15(3)19-21(26-16-6-8-17(32-5)9-7-16)27-22(28-24(19)33-20)23-25-11-13-30(23)4/h10-14,16-17H,6-9H2,1-5H3,(H,26,27,28). The molecule has 1 saturated carbocycles. The third-order valence-electron chi connectivity index (χ3n) is 6.53. The molecule has 1 fully saturated rings. The van der Waals surface area contributed by atoms with Gasteiger partial charge in [-0.15, -0.1) is 11.3 Å². The molecule has 1 N–H and O–H groups in total. The second-order valence-electron chi connectivity index (χ2n) is 9.12. The fourth-order valence-electron chi connectivity index (χ4n) is 4.55. The van der Waals surface area contributed by atoms with Crippen LogP contribution in [0.2, 0.25) is 0 Å². The van der Waals surface area contributed by atoms with Crippen molar-refractivity contribution in [2.45, 2.75) is 64.6 Å². The SMILES string of the molecule is COC1CCC(Nc2nc(-c3nccn3C)nc3sc(-c4ccn(C(C)C)n4)c(C)c23)CC1. The maximum atomic E-state index is 5.56. The first kappa shape index (κ1) is 22.0. The van der Waals surface area contributed by atoms with Crippen LogP contribution in [0.5, 0.6) is 0 Å². The predicted octanol–water partition coefficient (Wildman–Crippen LogP) is 5.21. The van der Waals surface area contributed by atoms with Crippen LogP contribution >= 0.6 is 11.3 Å². The summed E-state index contributed by atoms with van der Waals surface area (Å²) in [5, 5.41) is 9.65. The maximum Gasteiger partial charge on any atom is 0.199 e. The smallest absolute Gasteiger partial charge is 0.199 e. The van der Waals surface area contributed by atoms with Crippen molar-refractivity contribution in [2.24, 2.45) is 7.05 Å². The van der Waals surface area contributed by atoms with Gasteiger partial charge in [-0.3, -0.25) is 4.68 Å². The monoisotopic (exact) mass is 465 g/mol. The zero-order valence-electron chi connectivity index (χ0n) is 19.9. The van der Waals surface area contributed by atoms with Gasteiger partial charge in [-0.2, -0.15) is 5.10 Å². The van der Waals surface area contributed by atoms with Crippen LogP contribution in [0.3, 0.4) is 0 Å². The summed E-state index contributed by atoms with van der Waals surface area (Å²) in [6.45, 7) is 6.43. The number of hydrogen-bond acceptors (Lipinski definition) is 7. The van der Waals surface area contributed by atoms with E-state index in [0.717, 1.165) is 58.1 Å². The van der Waals surface area contributed by atoms with Gasteiger partial charge in [0.15, 0.2) is 11.6 Å². The van der Waals surface area contributed by atoms with E-state index in [1.165, 1.54) is 5.56 Å². The number of rotatable bonds is 6. The van der Waals surface area contributed by atoms with E-state index in [-0.39, 0.29) is 0 Å². The van der Waals surface area contributed by atoms with Crippen LogP contribution in [-0.4, -0.2) is 48.6 Å². The first-order valence-electron chi connectivity index (χ1n) is 11.6. The van der Waals surface area contributed by atoms with Crippen LogP contribution < -0.4 is 5.32 Å². The van der Waals surface area contributed by atoms with Gasteiger partial charge in [0.1, 0.15) is 16.3 Å². The Morgan fingerprint density at radius 1 is 1.15 bits per heavy atom. The lowest BCUT2D eigenvalue weighted by atomic mass is 9.93. The summed E-state index contributed by atoms with van der Waals surface area (Å²) < 4.78 is 9.52. The number of aromatic nitrogens is 6. The molecule has 0 aliphatic heterocycles. The van der Waals surface area contributed by atoms with Crippen molar-refractivity contribution in [1.29, 1.82) is 0 Å². The average molecular weight is 466 g/mol. The van der Waals surface area contributed by atoms with E-state index in [0.29, 0.717) is 24.0 Å². The number of aryl methyl sites for hydroxylation is 2. The molecule has 0 bridgehead atoms. The average Bonchev–Trinajstić information content (AvgIpc) is 3.53. The highest BCUT2D eigenvalue weighted by Gasteiger charge is 2.25. The number of nitrogens with zero attached hydrogens (tertiary/aromatic N) is 6. The van der Waals surface area contributed by atoms with E-state index in [2.05, 4.69) is 37.1 Å². The van der Waals surface area contributed by atoms with Gasteiger partial charge in [-0.05, 0) is 58.1 Å². The Bertz CT molecular complexity index is 1260. The molecular formula is C24H31N7OS. The van der Waals surface area contributed by atoms with Gasteiger partial charge in [0, 0.05) is 44.8 Å². The first-order chi connectivity index (χ1) is 15.9. The second kappa shape index (κ2) is 8.87. The van der Waals surface area contributed by atoms with Crippen LogP contribution in [-0.2, 0) is 11.8 Å². The van der Waals surface area contributed by atoms with Crippen molar-refractivity contribution in [3.8, 4) is 22.2 Å². The highest BCUT2D eigenvalue weighted by molar-refractivity contribution is 7.22. The van der Waals surface area contributed by atoms with Gasteiger partial charge in [-0.25, -0.2) is 15.0 Å². The molecule has 0 unspecified atom stereocenters. The summed E-state index contributed by atoms with van der Waals surface area (Å²) in [6, 6.07) is 2.78. The van der Waals surface area contributed by atoms with E-state index in [9.17, 15) is 0 Å². The number of ether oxygens (including phenoxy) is 1. The number of methoxy groups -OCH3 is 1. The fraction of sp³-hybridized carbons (Fsp3) is 0.500. The summed E-state index contributed by atoms with van der Waals surface area (Å²) in [5.41, 5.74) is 2.15. The Hall–Kier alpha value is -2.78. The van der Waals surface area contributed by atoms with Crippen molar-refractivity contribution in [2.75, 3.05) is 12.4 Å². The van der Waals surface area contributed by atoms with Crippen LogP contribution in [0.4, 0.5) is 5.82 Å². The van der Waals surface area contributed by atoms with E-state index < -0.39 is 0 Å². The second-order valence-corrected chi connectivity index (χ2v) is 10.1. The Labute approximate surface area is 198 Å². The van der Waals surface area contributed by atoms with Crippen molar-refractivity contribution in [3.63, 3.8) is 0 Å². The van der Waals surface area contributed by atoms with Gasteiger partial charge < -0.3 is 14.6 Å². The number of fused-ring (bicyclic) bond motifs is 1. The molecule has 0 atom stereocenters. The molecule has 5 rings (SSSR count). The summed E-state index contributed by atoms with van der Waals surface area (Å²) in [5.74, 6) is 2.30. The van der Waals surface area contributed by atoms with E-state index in [4.69, 9.17) is 19.8 Å². The quantitative estimate of drug-likeness (QED) is 0.421. The Morgan fingerprint density at radius 2 is 1.94 bits per heavy atom. The molecule has 4 aromatic heterocycles. The van der Waals surface area contributed by atoms with Gasteiger partial charge in [0.25, 0.3) is 0 Å². The molecule has 4 aromatic rings. The zero-order chi connectivity index (χ0) is 23.1. The summed E-state index contributed by atoms with van der Waals surface area (Å²) in [7, 11) is 3.78. The van der Waals surface area contributed by atoms with Crippen LogP contribution in [0, 0.1) is 6.92 Å². The van der Waals surface area contributed by atoms with E-state index in [1.54, 1.807) is 17.5 Å². The fourth-order valence-corrected chi connectivity index (χ4v) is 5.70. The molecule has 1 aliphatic carbocycles. The molecule has 0 aromatic carbocycles. The molecule has 8 nitrogen and oxygen atoms in total. The van der Waals surface area contributed by atoms with Gasteiger partial charge in [-0.1, -0.05) is 0 Å². The van der Waals surface area contributed by atoms with Gasteiger partial charge in [0.05, 0.1) is 16.4 Å². The Balaban J connectivity index is 1.59. The molecular weight excluding hydrogens is 434 g/mol. The Kier molecular flexibility index (Phi) is 5.92. The number of hydrogen-bond donors (Lipinski definition) is 1. The first-order valence-corrected chi connectivity index (χ1v) is 12.4. The summed E-state index contributed by atoms with van der Waals surface area (Å²) >= 11 is 1.68. The molecule has 0 radical (unpaired) electrons. The zero-order valence-corrected chi connectivity index (χ0v) is 20.7. The summed E-state index contributed by atoms with van der Waals surface area (Å²) in [4.78, 5) is 16.5. The normalized spacial score (nSPS) is 19.0.